The summed E-state index contributed by atoms with van der Waals surface area (Å²) in [6, 6.07) is 44.7. The molecule has 0 bridgehead atoms. The molecule has 1 aliphatic rings. The van der Waals surface area contributed by atoms with Crippen molar-refractivity contribution in [3.05, 3.63) is 167 Å². The molecule has 8 aromatic carbocycles. The van der Waals surface area contributed by atoms with Crippen molar-refractivity contribution in [2.45, 2.75) is 19.3 Å². The first-order valence-corrected chi connectivity index (χ1v) is 17.7. The molecule has 10 aromatic rings. The van der Waals surface area contributed by atoms with E-state index in [0.717, 1.165) is 22.5 Å². The maximum Gasteiger partial charge on any atom is 0.0930 e. The van der Waals surface area contributed by atoms with Gasteiger partial charge in [-0.2, -0.15) is 0 Å². The van der Waals surface area contributed by atoms with Gasteiger partial charge in [0.1, 0.15) is 0 Å². The van der Waals surface area contributed by atoms with E-state index in [2.05, 4.69) is 159 Å². The second kappa shape index (κ2) is 10.3. The van der Waals surface area contributed by atoms with Gasteiger partial charge in [-0.25, -0.2) is 0 Å². The van der Waals surface area contributed by atoms with E-state index in [9.17, 15) is 0 Å². The van der Waals surface area contributed by atoms with E-state index in [4.69, 9.17) is 9.97 Å². The number of aromatic nitrogens is 2. The second-order valence-electron chi connectivity index (χ2n) is 14.6. The molecule has 238 valence electrons. The van der Waals surface area contributed by atoms with Crippen LogP contribution in [0.25, 0.3) is 100 Å². The van der Waals surface area contributed by atoms with E-state index in [1.165, 1.54) is 86.9 Å². The van der Waals surface area contributed by atoms with Crippen LogP contribution in [0.3, 0.4) is 0 Å². The van der Waals surface area contributed by atoms with Crippen LogP contribution in [0.1, 0.15) is 47.2 Å². The van der Waals surface area contributed by atoms with Gasteiger partial charge in [-0.3, -0.25) is 9.97 Å². The van der Waals surface area contributed by atoms with Crippen molar-refractivity contribution >= 4 is 88.9 Å². The lowest BCUT2D eigenvalue weighted by Gasteiger charge is -2.21. The van der Waals surface area contributed by atoms with Gasteiger partial charge in [-0.05, 0) is 110 Å². The fourth-order valence-corrected chi connectivity index (χ4v) is 8.80. The quantitative estimate of drug-likeness (QED) is 0.178. The maximum absolute atomic E-state index is 5.00. The third-order valence-corrected chi connectivity index (χ3v) is 11.4. The number of benzene rings is 8. The molecule has 1 aliphatic carbocycles. The molecule has 0 atom stereocenters. The van der Waals surface area contributed by atoms with Crippen LogP contribution in [-0.4, -0.2) is 9.97 Å². The first kappa shape index (κ1) is 28.5. The molecule has 0 amide bonds. The summed E-state index contributed by atoms with van der Waals surface area (Å²) >= 11 is 0. The summed E-state index contributed by atoms with van der Waals surface area (Å²) < 4.78 is 0. The maximum atomic E-state index is 5.00. The molecule has 2 heteroatoms. The topological polar surface area (TPSA) is 25.8 Å². The lowest BCUT2D eigenvalue weighted by molar-refractivity contribution is 0.657. The van der Waals surface area contributed by atoms with Gasteiger partial charge < -0.3 is 0 Å². The predicted octanol–water partition coefficient (Wildman–Crippen LogP) is 12.9. The van der Waals surface area contributed by atoms with Crippen molar-refractivity contribution in [1.29, 1.82) is 0 Å². The lowest BCUT2D eigenvalue weighted by Crippen LogP contribution is -2.15. The minimum Gasteiger partial charge on any atom is -0.254 e. The molecule has 0 aliphatic heterocycles. The Morgan fingerprint density at radius 3 is 1.22 bits per heavy atom. The molecule has 2 heterocycles. The lowest BCUT2D eigenvalue weighted by atomic mass is 9.82. The minimum absolute atomic E-state index is 0.224. The molecule has 51 heavy (non-hydrogen) atoms. The highest BCUT2D eigenvalue weighted by Gasteiger charge is 2.37. The van der Waals surface area contributed by atoms with Gasteiger partial charge >= 0.3 is 0 Å². The average Bonchev–Trinajstić information content (AvgIpc) is 3.39. The molecule has 0 saturated heterocycles. The van der Waals surface area contributed by atoms with E-state index >= 15 is 0 Å². The predicted molar refractivity (Wildman–Crippen MR) is 218 cm³/mol. The largest absolute Gasteiger partial charge is 0.254 e. The minimum atomic E-state index is -0.224. The number of hydrogen-bond acceptors (Lipinski definition) is 2. The van der Waals surface area contributed by atoms with E-state index in [1.807, 2.05) is 12.4 Å². The molecule has 0 radical (unpaired) electrons. The zero-order valence-corrected chi connectivity index (χ0v) is 28.4. The highest BCUT2D eigenvalue weighted by molar-refractivity contribution is 6.25. The zero-order valence-electron chi connectivity index (χ0n) is 28.4. The van der Waals surface area contributed by atoms with E-state index in [1.54, 1.807) is 0 Å². The molecule has 0 spiro atoms. The van der Waals surface area contributed by atoms with Crippen molar-refractivity contribution in [1.82, 2.24) is 9.97 Å². The Hall–Kier alpha value is -6.38. The Morgan fingerprint density at radius 1 is 0.412 bits per heavy atom. The summed E-state index contributed by atoms with van der Waals surface area (Å²) in [6.45, 7) is 4.59. The molecule has 2 aromatic heterocycles. The van der Waals surface area contributed by atoms with Crippen molar-refractivity contribution in [2.75, 3.05) is 0 Å². The molecular formula is C49H32N2. The number of rotatable bonds is 4. The van der Waals surface area contributed by atoms with Gasteiger partial charge in [0.2, 0.25) is 0 Å². The van der Waals surface area contributed by atoms with E-state index < -0.39 is 0 Å². The van der Waals surface area contributed by atoms with Crippen molar-refractivity contribution in [3.63, 3.8) is 0 Å². The standard InChI is InChI=1S/C49H32N2/c1-49(2)41-25-29(9-11-31-13-15-37-19-17-33-5-3-7-35-21-23-39(31)45(37)43(33)35)27-50-47(41)48-42(49)26-30(28-51-48)10-12-32-14-16-38-20-18-34-6-4-8-36-22-24-40(32)46(38)44(34)36/h3-28H,1-2H3. The summed E-state index contributed by atoms with van der Waals surface area (Å²) in [6.07, 6.45) is 12.9. The van der Waals surface area contributed by atoms with Gasteiger partial charge in [0, 0.05) is 17.8 Å². The monoisotopic (exact) mass is 648 g/mol. The third kappa shape index (κ3) is 4.11. The molecule has 0 fully saturated rings. The van der Waals surface area contributed by atoms with Crippen LogP contribution in [0.5, 0.6) is 0 Å². The Balaban J connectivity index is 0.931. The molecule has 0 unspecified atom stereocenters. The highest BCUT2D eigenvalue weighted by Crippen LogP contribution is 2.47. The Bertz CT molecular complexity index is 2860. The van der Waals surface area contributed by atoms with Crippen molar-refractivity contribution in [2.24, 2.45) is 0 Å². The molecule has 0 saturated carbocycles. The van der Waals surface area contributed by atoms with Crippen LogP contribution >= 0.6 is 0 Å². The van der Waals surface area contributed by atoms with Gasteiger partial charge in [0.05, 0.1) is 11.4 Å². The fourth-order valence-electron chi connectivity index (χ4n) is 8.80. The summed E-state index contributed by atoms with van der Waals surface area (Å²) in [5.74, 6) is 0. The van der Waals surface area contributed by atoms with Gasteiger partial charge in [-0.1, -0.05) is 147 Å². The molecule has 2 nitrogen and oxygen atoms in total. The van der Waals surface area contributed by atoms with E-state index in [0.29, 0.717) is 0 Å². The van der Waals surface area contributed by atoms with Gasteiger partial charge in [-0.15, -0.1) is 0 Å². The molecule has 0 N–H and O–H groups in total. The SMILES string of the molecule is CC1(C)c2cc(C=Cc3ccc4ccc5cccc6ccc3c4c56)cnc2-c2ncc(C=Cc3ccc4ccc5cccc6ccc3c4c56)cc21. The van der Waals surface area contributed by atoms with Crippen LogP contribution in [0.4, 0.5) is 0 Å². The number of hydrogen-bond donors (Lipinski definition) is 0. The summed E-state index contributed by atoms with van der Waals surface area (Å²) in [5.41, 5.74) is 8.79. The molecular weight excluding hydrogens is 617 g/mol. The van der Waals surface area contributed by atoms with Crippen molar-refractivity contribution in [3.8, 4) is 11.4 Å². The number of fused-ring (bicyclic) bond motifs is 3. The normalized spacial score (nSPS) is 14.1. The first-order valence-electron chi connectivity index (χ1n) is 17.7. The summed E-state index contributed by atoms with van der Waals surface area (Å²) in [4.78, 5) is 10.0. The van der Waals surface area contributed by atoms with Crippen LogP contribution in [-0.2, 0) is 5.41 Å². The Labute approximate surface area is 295 Å². The van der Waals surface area contributed by atoms with Crippen LogP contribution < -0.4 is 0 Å². The molecule has 11 rings (SSSR count). The van der Waals surface area contributed by atoms with Crippen LogP contribution in [0, 0.1) is 0 Å². The van der Waals surface area contributed by atoms with Gasteiger partial charge in [0.25, 0.3) is 0 Å². The summed E-state index contributed by atoms with van der Waals surface area (Å²) in [5, 5.41) is 15.6. The second-order valence-corrected chi connectivity index (χ2v) is 14.6. The first-order chi connectivity index (χ1) is 25.0. The number of pyridine rings is 2. The Morgan fingerprint density at radius 2 is 0.784 bits per heavy atom. The van der Waals surface area contributed by atoms with Crippen LogP contribution in [0.2, 0.25) is 0 Å². The third-order valence-electron chi connectivity index (χ3n) is 11.4. The fraction of sp³-hybridized carbons (Fsp3) is 0.0612. The summed E-state index contributed by atoms with van der Waals surface area (Å²) in [7, 11) is 0. The Kier molecular flexibility index (Phi) is 5.76. The van der Waals surface area contributed by atoms with E-state index in [-0.39, 0.29) is 5.41 Å². The smallest absolute Gasteiger partial charge is 0.0930 e. The zero-order chi connectivity index (χ0) is 33.8. The van der Waals surface area contributed by atoms with Crippen molar-refractivity contribution < 1.29 is 0 Å². The highest BCUT2D eigenvalue weighted by atomic mass is 14.8. The average molecular weight is 649 g/mol. The van der Waals surface area contributed by atoms with Crippen LogP contribution in [0.15, 0.2) is 134 Å². The number of nitrogens with zero attached hydrogens (tertiary/aromatic N) is 2. The van der Waals surface area contributed by atoms with Gasteiger partial charge in [0.15, 0.2) is 0 Å².